The van der Waals surface area contributed by atoms with Gasteiger partial charge in [0.25, 0.3) is 0 Å². The van der Waals surface area contributed by atoms with Crippen LogP contribution in [-0.2, 0) is 20.3 Å². The summed E-state index contributed by atoms with van der Waals surface area (Å²) in [5.74, 6) is 0.388. The fraction of sp³-hybridized carbons (Fsp3) is 0.316. The molecule has 2 aromatic heterocycles. The number of carbonyl (C=O) groups is 1. The lowest BCUT2D eigenvalue weighted by atomic mass is 10.2. The SMILES string of the molecule is COCCCOc1ccnc(CS(=O)(=O)c2nc3ccccc3[nH]2)c1C.O=C(F)F. The number of benzene rings is 1. The number of fused-ring (bicyclic) bond motifs is 1. The van der Waals surface area contributed by atoms with Crippen LogP contribution in [0.15, 0.2) is 41.7 Å². The van der Waals surface area contributed by atoms with Gasteiger partial charge in [0.15, 0.2) is 0 Å². The minimum atomic E-state index is -3.65. The molecule has 0 saturated carbocycles. The van der Waals surface area contributed by atoms with E-state index in [1.165, 1.54) is 0 Å². The third kappa shape index (κ3) is 6.56. The number of aromatic nitrogens is 3. The fourth-order valence-corrected chi connectivity index (χ4v) is 3.86. The Balaban J connectivity index is 0.000000735. The Morgan fingerprint density at radius 2 is 1.87 bits per heavy atom. The van der Waals surface area contributed by atoms with Crippen LogP contribution in [0.25, 0.3) is 11.0 Å². The number of hydrogen-bond donors (Lipinski definition) is 1. The number of para-hydroxylation sites is 2. The van der Waals surface area contributed by atoms with Crippen molar-refractivity contribution in [2.45, 2.75) is 24.3 Å². The van der Waals surface area contributed by atoms with Gasteiger partial charge in [-0.1, -0.05) is 12.1 Å². The van der Waals surface area contributed by atoms with Crippen LogP contribution in [0.5, 0.6) is 5.75 Å². The van der Waals surface area contributed by atoms with Gasteiger partial charge in [-0.2, -0.15) is 0 Å². The van der Waals surface area contributed by atoms with Crippen molar-refractivity contribution in [3.8, 4) is 5.75 Å². The maximum Gasteiger partial charge on any atom is 0.483 e. The molecule has 3 aromatic rings. The van der Waals surface area contributed by atoms with E-state index in [-0.39, 0.29) is 10.9 Å². The molecule has 0 aliphatic rings. The molecule has 11 heteroatoms. The highest BCUT2D eigenvalue weighted by molar-refractivity contribution is 7.90. The first-order valence-corrected chi connectivity index (χ1v) is 10.5. The highest BCUT2D eigenvalue weighted by Gasteiger charge is 2.22. The van der Waals surface area contributed by atoms with E-state index in [2.05, 4.69) is 15.0 Å². The normalized spacial score (nSPS) is 11.1. The van der Waals surface area contributed by atoms with Crippen LogP contribution < -0.4 is 4.74 Å². The van der Waals surface area contributed by atoms with Gasteiger partial charge >= 0.3 is 6.29 Å². The van der Waals surface area contributed by atoms with E-state index in [9.17, 15) is 17.2 Å². The molecule has 0 saturated heterocycles. The molecular weight excluding hydrogens is 420 g/mol. The number of aromatic amines is 1. The summed E-state index contributed by atoms with van der Waals surface area (Å²) in [6.07, 6.45) is -0.521. The number of pyridine rings is 1. The lowest BCUT2D eigenvalue weighted by Crippen LogP contribution is -2.10. The number of nitrogens with zero attached hydrogens (tertiary/aromatic N) is 2. The molecule has 2 heterocycles. The molecule has 3 rings (SSSR count). The van der Waals surface area contributed by atoms with Gasteiger partial charge in [0, 0.05) is 31.9 Å². The van der Waals surface area contributed by atoms with Gasteiger partial charge in [-0.3, -0.25) is 4.98 Å². The van der Waals surface area contributed by atoms with Crippen molar-refractivity contribution in [3.05, 3.63) is 47.8 Å². The predicted molar refractivity (Wildman–Crippen MR) is 106 cm³/mol. The molecule has 1 aromatic carbocycles. The number of H-pyrrole nitrogens is 1. The highest BCUT2D eigenvalue weighted by atomic mass is 32.2. The number of halogens is 2. The second-order valence-corrected chi connectivity index (χ2v) is 8.02. The van der Waals surface area contributed by atoms with E-state index in [0.29, 0.717) is 41.3 Å². The number of rotatable bonds is 8. The van der Waals surface area contributed by atoms with E-state index in [1.807, 2.05) is 19.1 Å². The summed E-state index contributed by atoms with van der Waals surface area (Å²) in [5.41, 5.74) is 2.47. The lowest BCUT2D eigenvalue weighted by molar-refractivity contribution is 0.172. The Bertz CT molecular complexity index is 1070. The van der Waals surface area contributed by atoms with Crippen LogP contribution >= 0.6 is 0 Å². The van der Waals surface area contributed by atoms with Crippen LogP contribution in [0.3, 0.4) is 0 Å². The number of hydrogen-bond acceptors (Lipinski definition) is 7. The zero-order chi connectivity index (χ0) is 22.1. The van der Waals surface area contributed by atoms with Gasteiger partial charge in [-0.15, -0.1) is 8.78 Å². The third-order valence-electron chi connectivity index (χ3n) is 4.00. The maximum absolute atomic E-state index is 12.7. The number of nitrogens with one attached hydrogen (secondary N) is 1. The Kier molecular flexibility index (Phi) is 8.36. The van der Waals surface area contributed by atoms with Crippen LogP contribution in [0, 0.1) is 6.92 Å². The van der Waals surface area contributed by atoms with E-state index in [4.69, 9.17) is 14.3 Å². The summed E-state index contributed by atoms with van der Waals surface area (Å²) in [6.45, 7) is 2.91. The average Bonchev–Trinajstić information content (AvgIpc) is 3.13. The van der Waals surface area contributed by atoms with Crippen molar-refractivity contribution in [2.24, 2.45) is 0 Å². The highest BCUT2D eigenvalue weighted by Crippen LogP contribution is 2.24. The predicted octanol–water partition coefficient (Wildman–Crippen LogP) is 3.70. The van der Waals surface area contributed by atoms with Gasteiger partial charge in [-0.25, -0.2) is 18.2 Å². The number of ether oxygens (including phenoxy) is 2. The molecule has 0 spiro atoms. The largest absolute Gasteiger partial charge is 0.493 e. The number of sulfone groups is 1. The Labute approximate surface area is 172 Å². The number of methoxy groups -OCH3 is 1. The van der Waals surface area contributed by atoms with Crippen molar-refractivity contribution in [1.82, 2.24) is 15.0 Å². The second-order valence-electron chi connectivity index (χ2n) is 6.12. The molecule has 30 heavy (non-hydrogen) atoms. The molecule has 0 unspecified atom stereocenters. The van der Waals surface area contributed by atoms with E-state index in [0.717, 1.165) is 6.42 Å². The van der Waals surface area contributed by atoms with E-state index < -0.39 is 16.1 Å². The summed E-state index contributed by atoms with van der Waals surface area (Å²) in [6, 6.07) is 8.93. The average molecular weight is 441 g/mol. The minimum absolute atomic E-state index is 0.0497. The monoisotopic (exact) mass is 441 g/mol. The smallest absolute Gasteiger partial charge is 0.483 e. The Morgan fingerprint density at radius 3 is 2.53 bits per heavy atom. The van der Waals surface area contributed by atoms with Gasteiger partial charge in [0.1, 0.15) is 11.5 Å². The zero-order valence-corrected chi connectivity index (χ0v) is 17.2. The second kappa shape index (κ2) is 10.7. The molecule has 1 N–H and O–H groups in total. The number of imidazole rings is 1. The Morgan fingerprint density at radius 1 is 1.17 bits per heavy atom. The minimum Gasteiger partial charge on any atom is -0.493 e. The summed E-state index contributed by atoms with van der Waals surface area (Å²) >= 11 is 0. The molecule has 8 nitrogen and oxygen atoms in total. The summed E-state index contributed by atoms with van der Waals surface area (Å²) in [5, 5.41) is -0.0497. The first kappa shape index (κ1) is 23.4. The number of carbonyl (C=O) groups excluding carboxylic acids is 1. The van der Waals surface area contributed by atoms with Crippen molar-refractivity contribution in [1.29, 1.82) is 0 Å². The first-order chi connectivity index (χ1) is 14.2. The molecule has 0 atom stereocenters. The van der Waals surface area contributed by atoms with Crippen LogP contribution in [0.2, 0.25) is 0 Å². The van der Waals surface area contributed by atoms with Crippen LogP contribution in [-0.4, -0.2) is 50.0 Å². The quantitative estimate of drug-likeness (QED) is 0.419. The van der Waals surface area contributed by atoms with Gasteiger partial charge in [-0.05, 0) is 25.1 Å². The maximum atomic E-state index is 12.7. The first-order valence-electron chi connectivity index (χ1n) is 8.83. The zero-order valence-electron chi connectivity index (χ0n) is 16.4. The molecule has 0 bridgehead atoms. The molecule has 0 fully saturated rings. The van der Waals surface area contributed by atoms with Gasteiger partial charge in [0.05, 0.1) is 23.3 Å². The summed E-state index contributed by atoms with van der Waals surface area (Å²) in [4.78, 5) is 19.4. The summed E-state index contributed by atoms with van der Waals surface area (Å²) < 4.78 is 55.6. The van der Waals surface area contributed by atoms with Crippen molar-refractivity contribution < 1.29 is 31.5 Å². The lowest BCUT2D eigenvalue weighted by Gasteiger charge is -2.11. The van der Waals surface area contributed by atoms with E-state index >= 15 is 0 Å². The molecular formula is C19H21F2N3O5S. The van der Waals surface area contributed by atoms with Crippen LogP contribution in [0.4, 0.5) is 13.6 Å². The van der Waals surface area contributed by atoms with Crippen molar-refractivity contribution in [2.75, 3.05) is 20.3 Å². The van der Waals surface area contributed by atoms with Crippen molar-refractivity contribution >= 4 is 27.2 Å². The molecule has 0 amide bonds. The Hall–Kier alpha value is -2.92. The third-order valence-corrected chi connectivity index (χ3v) is 5.43. The van der Waals surface area contributed by atoms with Crippen molar-refractivity contribution in [3.63, 3.8) is 0 Å². The fourth-order valence-electron chi connectivity index (χ4n) is 2.57. The molecule has 0 radical (unpaired) electrons. The topological polar surface area (TPSA) is 111 Å². The van der Waals surface area contributed by atoms with E-state index in [1.54, 1.807) is 31.5 Å². The molecule has 0 aliphatic carbocycles. The molecule has 162 valence electrons. The van der Waals surface area contributed by atoms with Crippen LogP contribution in [0.1, 0.15) is 17.7 Å². The van der Waals surface area contributed by atoms with Gasteiger partial charge < -0.3 is 14.5 Å². The summed E-state index contributed by atoms with van der Waals surface area (Å²) in [7, 11) is -2.01. The standard InChI is InChI=1S/C18H21N3O4S.CF2O/c1-13-16(19-9-8-17(13)25-11-5-10-24-2)12-26(22,23)18-20-14-6-3-4-7-15(14)21-18;2-1(3)4/h3-4,6-9H,5,10-12H2,1-2H3,(H,20,21);. The molecule has 0 aliphatic heterocycles. The van der Waals surface area contributed by atoms with Gasteiger partial charge in [0.2, 0.25) is 15.0 Å².